The molecule has 2 aromatic rings. The van der Waals surface area contributed by atoms with Crippen molar-refractivity contribution in [2.24, 2.45) is 0 Å². The normalized spacial score (nSPS) is 12.3. The predicted octanol–water partition coefficient (Wildman–Crippen LogP) is 2.80. The highest BCUT2D eigenvalue weighted by atomic mass is 19.4. The zero-order valence-corrected chi connectivity index (χ0v) is 7.64. The largest absolute Gasteiger partial charge is 0.416 e. The van der Waals surface area contributed by atoms with Crippen LogP contribution in [0.25, 0.3) is 5.65 Å². The summed E-state index contributed by atoms with van der Waals surface area (Å²) in [6, 6.07) is 1.71. The molecule has 0 aliphatic rings. The van der Waals surface area contributed by atoms with Gasteiger partial charge in [0.25, 0.3) is 0 Å². The van der Waals surface area contributed by atoms with Gasteiger partial charge in [-0.3, -0.25) is 0 Å². The molecule has 15 heavy (non-hydrogen) atoms. The first-order chi connectivity index (χ1) is 6.89. The van der Waals surface area contributed by atoms with Gasteiger partial charge in [-0.2, -0.15) is 17.6 Å². The summed E-state index contributed by atoms with van der Waals surface area (Å²) in [5.41, 5.74) is -0.682. The molecule has 0 saturated heterocycles. The topological polar surface area (TPSA) is 17.3 Å². The summed E-state index contributed by atoms with van der Waals surface area (Å²) in [4.78, 5) is 3.38. The van der Waals surface area contributed by atoms with Gasteiger partial charge in [-0.25, -0.2) is 4.98 Å². The minimum Gasteiger partial charge on any atom is -0.301 e. The Hall–Kier alpha value is -1.59. The quantitative estimate of drug-likeness (QED) is 0.621. The Bertz CT molecular complexity index is 513. The van der Waals surface area contributed by atoms with Crippen LogP contribution in [0.15, 0.2) is 18.3 Å². The van der Waals surface area contributed by atoms with Crippen molar-refractivity contribution in [1.82, 2.24) is 9.38 Å². The molecule has 80 valence electrons. The summed E-state index contributed by atoms with van der Waals surface area (Å²) < 4.78 is 51.1. The van der Waals surface area contributed by atoms with Crippen LogP contribution in [0.1, 0.15) is 11.3 Å². The van der Waals surface area contributed by atoms with Gasteiger partial charge in [-0.1, -0.05) is 0 Å². The summed E-state index contributed by atoms with van der Waals surface area (Å²) in [7, 11) is 0. The number of alkyl halides is 3. The van der Waals surface area contributed by atoms with Crippen molar-refractivity contribution >= 4 is 5.65 Å². The SMILES string of the molecule is Cc1c(F)nc2cc(C(F)(F)F)ccn12. The molecule has 0 N–H and O–H groups in total. The second kappa shape index (κ2) is 2.95. The molecule has 0 bridgehead atoms. The number of hydrogen-bond donors (Lipinski definition) is 0. The lowest BCUT2D eigenvalue weighted by atomic mass is 10.2. The van der Waals surface area contributed by atoms with E-state index in [1.807, 2.05) is 0 Å². The Labute approximate surface area is 82.2 Å². The first-order valence-corrected chi connectivity index (χ1v) is 4.11. The molecule has 0 fully saturated rings. The average Bonchev–Trinajstić information content (AvgIpc) is 2.41. The molecule has 2 nitrogen and oxygen atoms in total. The lowest BCUT2D eigenvalue weighted by Gasteiger charge is -2.06. The summed E-state index contributed by atoms with van der Waals surface area (Å²) in [6.45, 7) is 1.45. The number of nitrogens with zero attached hydrogens (tertiary/aromatic N) is 2. The van der Waals surface area contributed by atoms with E-state index in [1.165, 1.54) is 11.3 Å². The van der Waals surface area contributed by atoms with Gasteiger partial charge in [-0.15, -0.1) is 0 Å². The van der Waals surface area contributed by atoms with Crippen molar-refractivity contribution in [2.75, 3.05) is 0 Å². The number of rotatable bonds is 0. The van der Waals surface area contributed by atoms with Crippen molar-refractivity contribution < 1.29 is 17.6 Å². The summed E-state index contributed by atoms with van der Waals surface area (Å²) >= 11 is 0. The molecule has 6 heteroatoms. The highest BCUT2D eigenvalue weighted by Gasteiger charge is 2.31. The smallest absolute Gasteiger partial charge is 0.301 e. The molecule has 0 unspecified atom stereocenters. The van der Waals surface area contributed by atoms with Crippen molar-refractivity contribution in [3.05, 3.63) is 35.5 Å². The molecule has 0 saturated carbocycles. The number of halogens is 4. The van der Waals surface area contributed by atoms with Crippen LogP contribution in [-0.2, 0) is 6.18 Å². The minimum absolute atomic E-state index is 0.0418. The molecule has 0 aliphatic carbocycles. The van der Waals surface area contributed by atoms with Gasteiger partial charge in [0.1, 0.15) is 5.65 Å². The second-order valence-corrected chi connectivity index (χ2v) is 3.13. The van der Waals surface area contributed by atoms with E-state index in [0.29, 0.717) is 0 Å². The number of pyridine rings is 1. The maximum Gasteiger partial charge on any atom is 0.416 e. The monoisotopic (exact) mass is 218 g/mol. The van der Waals surface area contributed by atoms with E-state index in [4.69, 9.17) is 0 Å². The van der Waals surface area contributed by atoms with Crippen LogP contribution in [0.4, 0.5) is 17.6 Å². The van der Waals surface area contributed by atoms with Crippen LogP contribution in [0.2, 0.25) is 0 Å². The molecule has 2 heterocycles. The highest BCUT2D eigenvalue weighted by molar-refractivity contribution is 5.44. The first kappa shape index (κ1) is 9.95. The summed E-state index contributed by atoms with van der Waals surface area (Å²) in [5, 5.41) is 0. The van der Waals surface area contributed by atoms with Gasteiger partial charge in [0.05, 0.1) is 11.3 Å². The maximum absolute atomic E-state index is 12.9. The molecule has 0 aromatic carbocycles. The third-order valence-corrected chi connectivity index (χ3v) is 2.13. The van der Waals surface area contributed by atoms with E-state index in [9.17, 15) is 17.6 Å². The fraction of sp³-hybridized carbons (Fsp3) is 0.222. The van der Waals surface area contributed by atoms with E-state index in [0.717, 1.165) is 18.3 Å². The second-order valence-electron chi connectivity index (χ2n) is 3.13. The Kier molecular flexibility index (Phi) is 1.95. The van der Waals surface area contributed by atoms with Crippen LogP contribution in [0, 0.1) is 12.9 Å². The van der Waals surface area contributed by atoms with E-state index < -0.39 is 17.7 Å². The lowest BCUT2D eigenvalue weighted by Crippen LogP contribution is -2.05. The van der Waals surface area contributed by atoms with Crippen molar-refractivity contribution in [3.8, 4) is 0 Å². The van der Waals surface area contributed by atoms with Crippen LogP contribution in [0.3, 0.4) is 0 Å². The number of fused-ring (bicyclic) bond motifs is 1. The molecule has 0 aliphatic heterocycles. The van der Waals surface area contributed by atoms with Gasteiger partial charge in [0.2, 0.25) is 5.95 Å². The van der Waals surface area contributed by atoms with Gasteiger partial charge in [0.15, 0.2) is 0 Å². The Morgan fingerprint density at radius 2 is 2.00 bits per heavy atom. The van der Waals surface area contributed by atoms with Gasteiger partial charge in [-0.05, 0) is 19.1 Å². The third kappa shape index (κ3) is 1.55. The first-order valence-electron chi connectivity index (χ1n) is 4.11. The average molecular weight is 218 g/mol. The van der Waals surface area contributed by atoms with Crippen molar-refractivity contribution in [3.63, 3.8) is 0 Å². The van der Waals surface area contributed by atoms with Gasteiger partial charge in [0, 0.05) is 6.20 Å². The van der Waals surface area contributed by atoms with E-state index in [2.05, 4.69) is 4.98 Å². The molecular weight excluding hydrogens is 212 g/mol. The van der Waals surface area contributed by atoms with E-state index >= 15 is 0 Å². The Morgan fingerprint density at radius 3 is 2.60 bits per heavy atom. The number of imidazole rings is 1. The number of aromatic nitrogens is 2. The van der Waals surface area contributed by atoms with Crippen molar-refractivity contribution in [2.45, 2.75) is 13.1 Å². The summed E-state index contributed by atoms with van der Waals surface area (Å²) in [5.74, 6) is -0.755. The Balaban J connectivity index is 2.67. The molecule has 2 aromatic heterocycles. The standard InChI is InChI=1S/C9H6F4N2/c1-5-8(10)14-7-4-6(9(11,12)13)2-3-15(5)7/h2-4H,1H3. The molecule has 0 radical (unpaired) electrons. The van der Waals surface area contributed by atoms with E-state index in [-0.39, 0.29) is 11.3 Å². The maximum atomic E-state index is 12.9. The van der Waals surface area contributed by atoms with Crippen LogP contribution < -0.4 is 0 Å². The highest BCUT2D eigenvalue weighted by Crippen LogP contribution is 2.29. The van der Waals surface area contributed by atoms with Crippen molar-refractivity contribution in [1.29, 1.82) is 0 Å². The molecule has 0 amide bonds. The minimum atomic E-state index is -4.43. The molecule has 2 rings (SSSR count). The fourth-order valence-electron chi connectivity index (χ4n) is 1.31. The number of aryl methyl sites for hydroxylation is 1. The number of hydrogen-bond acceptors (Lipinski definition) is 1. The fourth-order valence-corrected chi connectivity index (χ4v) is 1.31. The molecular formula is C9H6F4N2. The molecule has 0 atom stereocenters. The van der Waals surface area contributed by atoms with Crippen LogP contribution >= 0.6 is 0 Å². The van der Waals surface area contributed by atoms with Crippen LogP contribution in [0.5, 0.6) is 0 Å². The zero-order chi connectivity index (χ0) is 11.2. The molecule has 0 spiro atoms. The van der Waals surface area contributed by atoms with E-state index in [1.54, 1.807) is 0 Å². The zero-order valence-electron chi connectivity index (χ0n) is 7.64. The van der Waals surface area contributed by atoms with Gasteiger partial charge < -0.3 is 4.40 Å². The summed E-state index contributed by atoms with van der Waals surface area (Å²) in [6.07, 6.45) is -3.28. The predicted molar refractivity (Wildman–Crippen MR) is 44.9 cm³/mol. The van der Waals surface area contributed by atoms with Gasteiger partial charge >= 0.3 is 6.18 Å². The lowest BCUT2D eigenvalue weighted by molar-refractivity contribution is -0.137. The van der Waals surface area contributed by atoms with Crippen LogP contribution in [-0.4, -0.2) is 9.38 Å². The third-order valence-electron chi connectivity index (χ3n) is 2.13. The Morgan fingerprint density at radius 1 is 1.33 bits per heavy atom.